The molecule has 1 saturated carbocycles. The number of aryl methyl sites for hydroxylation is 2. The third-order valence-corrected chi connectivity index (χ3v) is 7.15. The molecule has 5 nitrogen and oxygen atoms in total. The average Bonchev–Trinajstić information content (AvgIpc) is 3.31. The zero-order valence-corrected chi connectivity index (χ0v) is 14.9. The third-order valence-electron chi connectivity index (χ3n) is 5.19. The summed E-state index contributed by atoms with van der Waals surface area (Å²) in [6, 6.07) is 6.18. The molecule has 0 spiro atoms. The van der Waals surface area contributed by atoms with Gasteiger partial charge in [-0.3, -0.25) is 0 Å². The molecule has 24 heavy (non-hydrogen) atoms. The molecule has 1 atom stereocenters. The van der Waals surface area contributed by atoms with Gasteiger partial charge in [-0.25, -0.2) is 17.8 Å². The fraction of sp³-hybridized carbons (Fsp3) is 0.500. The van der Waals surface area contributed by atoms with E-state index in [0.29, 0.717) is 0 Å². The van der Waals surface area contributed by atoms with Crippen molar-refractivity contribution in [1.82, 2.24) is 14.5 Å². The van der Waals surface area contributed by atoms with E-state index in [9.17, 15) is 8.42 Å². The summed E-state index contributed by atoms with van der Waals surface area (Å²) in [5.41, 5.74) is 5.70. The van der Waals surface area contributed by atoms with Crippen molar-refractivity contribution in [1.29, 1.82) is 0 Å². The zero-order chi connectivity index (χ0) is 16.9. The van der Waals surface area contributed by atoms with Crippen LogP contribution in [0.15, 0.2) is 24.4 Å². The number of nitrogens with zero attached hydrogens (tertiary/aromatic N) is 2. The number of nitrogens with one attached hydrogen (secondary N) is 1. The second-order valence-corrected chi connectivity index (χ2v) is 9.03. The Morgan fingerprint density at radius 3 is 2.67 bits per heavy atom. The molecule has 128 valence electrons. The predicted molar refractivity (Wildman–Crippen MR) is 93.8 cm³/mol. The maximum atomic E-state index is 12.3. The van der Waals surface area contributed by atoms with E-state index in [0.717, 1.165) is 49.0 Å². The molecule has 1 fully saturated rings. The summed E-state index contributed by atoms with van der Waals surface area (Å²) in [5.74, 6) is 0. The minimum absolute atomic E-state index is 0.139. The summed E-state index contributed by atoms with van der Waals surface area (Å²) in [5, 5.41) is 4.38. The van der Waals surface area contributed by atoms with Gasteiger partial charge in [0.1, 0.15) is 0 Å². The van der Waals surface area contributed by atoms with E-state index in [1.165, 1.54) is 11.1 Å². The molecule has 2 aromatic rings. The molecule has 0 bridgehead atoms. The molecule has 1 aromatic carbocycles. The van der Waals surface area contributed by atoms with E-state index in [-0.39, 0.29) is 11.3 Å². The van der Waals surface area contributed by atoms with Gasteiger partial charge in [0.2, 0.25) is 10.0 Å². The lowest BCUT2D eigenvalue weighted by molar-refractivity contribution is 0.501. The highest BCUT2D eigenvalue weighted by Gasteiger charge is 2.38. The van der Waals surface area contributed by atoms with Crippen molar-refractivity contribution in [2.75, 3.05) is 0 Å². The van der Waals surface area contributed by atoms with Crippen LogP contribution in [0.2, 0.25) is 0 Å². The zero-order valence-electron chi connectivity index (χ0n) is 14.1. The fourth-order valence-electron chi connectivity index (χ4n) is 3.43. The van der Waals surface area contributed by atoms with Crippen molar-refractivity contribution in [3.8, 4) is 5.69 Å². The van der Waals surface area contributed by atoms with Crippen LogP contribution in [0.5, 0.6) is 0 Å². The van der Waals surface area contributed by atoms with Gasteiger partial charge in [-0.2, -0.15) is 5.10 Å². The quantitative estimate of drug-likeness (QED) is 0.926. The molecule has 0 radical (unpaired) electrons. The van der Waals surface area contributed by atoms with Crippen LogP contribution in [0.1, 0.15) is 54.1 Å². The molecule has 1 heterocycles. The molecule has 0 saturated heterocycles. The van der Waals surface area contributed by atoms with Crippen molar-refractivity contribution >= 4 is 10.0 Å². The van der Waals surface area contributed by atoms with E-state index in [2.05, 4.69) is 41.9 Å². The van der Waals surface area contributed by atoms with Crippen LogP contribution in [0.3, 0.4) is 0 Å². The molecule has 4 rings (SSSR count). The molecule has 1 aromatic heterocycles. The van der Waals surface area contributed by atoms with Crippen LogP contribution in [-0.4, -0.2) is 23.4 Å². The minimum atomic E-state index is -3.18. The van der Waals surface area contributed by atoms with Crippen molar-refractivity contribution < 1.29 is 8.42 Å². The topological polar surface area (TPSA) is 64.0 Å². The first kappa shape index (κ1) is 15.8. The predicted octanol–water partition coefficient (Wildman–Crippen LogP) is 2.95. The standard InChI is InChI=1S/C18H23N3O2S/c1-12-6-7-14(10-13(12)2)21-18-5-3-4-17(16(18)11-19-21)20-24(22,23)15-8-9-15/h6-7,10-11,15,17,20H,3-5,8-9H2,1-2H3. The van der Waals surface area contributed by atoms with Gasteiger partial charge in [0.25, 0.3) is 0 Å². The number of sulfonamides is 1. The van der Waals surface area contributed by atoms with Crippen molar-refractivity contribution in [2.24, 2.45) is 0 Å². The van der Waals surface area contributed by atoms with Crippen LogP contribution >= 0.6 is 0 Å². The first-order chi connectivity index (χ1) is 11.5. The third kappa shape index (κ3) is 2.78. The second-order valence-electron chi connectivity index (χ2n) is 7.03. The molecule has 0 aliphatic heterocycles. The van der Waals surface area contributed by atoms with Crippen molar-refractivity contribution in [2.45, 2.75) is 57.2 Å². The van der Waals surface area contributed by atoms with Gasteiger partial charge < -0.3 is 0 Å². The monoisotopic (exact) mass is 345 g/mol. The summed E-state index contributed by atoms with van der Waals surface area (Å²) in [7, 11) is -3.18. The van der Waals surface area contributed by atoms with Crippen LogP contribution in [0, 0.1) is 13.8 Å². The maximum Gasteiger partial charge on any atom is 0.215 e. The minimum Gasteiger partial charge on any atom is -0.237 e. The second kappa shape index (κ2) is 5.70. The Hall–Kier alpha value is -1.66. The van der Waals surface area contributed by atoms with Gasteiger partial charge in [-0.15, -0.1) is 0 Å². The van der Waals surface area contributed by atoms with Gasteiger partial charge in [0.05, 0.1) is 23.2 Å². The average molecular weight is 345 g/mol. The van der Waals surface area contributed by atoms with Gasteiger partial charge >= 0.3 is 0 Å². The highest BCUT2D eigenvalue weighted by molar-refractivity contribution is 7.90. The summed E-state index contributed by atoms with van der Waals surface area (Å²) < 4.78 is 29.5. The Morgan fingerprint density at radius 1 is 1.17 bits per heavy atom. The van der Waals surface area contributed by atoms with Crippen molar-refractivity contribution in [3.05, 3.63) is 46.8 Å². The number of rotatable bonds is 4. The van der Waals surface area contributed by atoms with Gasteiger partial charge in [-0.05, 0) is 69.2 Å². The van der Waals surface area contributed by atoms with Gasteiger partial charge in [0, 0.05) is 11.3 Å². The fourth-order valence-corrected chi connectivity index (χ4v) is 5.02. The van der Waals surface area contributed by atoms with E-state index in [1.54, 1.807) is 0 Å². The van der Waals surface area contributed by atoms with E-state index >= 15 is 0 Å². The van der Waals surface area contributed by atoms with E-state index in [4.69, 9.17) is 0 Å². The number of hydrogen-bond donors (Lipinski definition) is 1. The lowest BCUT2D eigenvalue weighted by Crippen LogP contribution is -2.33. The summed E-state index contributed by atoms with van der Waals surface area (Å²) >= 11 is 0. The highest BCUT2D eigenvalue weighted by Crippen LogP contribution is 2.34. The molecule has 6 heteroatoms. The number of benzene rings is 1. The molecule has 0 amide bonds. The number of hydrogen-bond acceptors (Lipinski definition) is 3. The van der Waals surface area contributed by atoms with Crippen LogP contribution in [-0.2, 0) is 16.4 Å². The summed E-state index contributed by atoms with van der Waals surface area (Å²) in [6.07, 6.45) is 6.17. The number of fused-ring (bicyclic) bond motifs is 1. The SMILES string of the molecule is Cc1ccc(-n2ncc3c2CCCC3NS(=O)(=O)C2CC2)cc1C. The largest absolute Gasteiger partial charge is 0.237 e. The molecule has 2 aliphatic rings. The van der Waals surface area contributed by atoms with Gasteiger partial charge in [-0.1, -0.05) is 6.07 Å². The Labute approximate surface area is 143 Å². The maximum absolute atomic E-state index is 12.3. The van der Waals surface area contributed by atoms with Gasteiger partial charge in [0.15, 0.2) is 0 Å². The highest BCUT2D eigenvalue weighted by atomic mass is 32.2. The lowest BCUT2D eigenvalue weighted by atomic mass is 9.93. The van der Waals surface area contributed by atoms with Crippen LogP contribution < -0.4 is 4.72 Å². The normalized spacial score (nSPS) is 20.8. The van der Waals surface area contributed by atoms with Crippen LogP contribution in [0.4, 0.5) is 0 Å². The lowest BCUT2D eigenvalue weighted by Gasteiger charge is -2.24. The summed E-state index contributed by atoms with van der Waals surface area (Å²) in [4.78, 5) is 0. The van der Waals surface area contributed by atoms with Crippen molar-refractivity contribution in [3.63, 3.8) is 0 Å². The Balaban J connectivity index is 1.67. The van der Waals surface area contributed by atoms with Crippen LogP contribution in [0.25, 0.3) is 5.69 Å². The first-order valence-electron chi connectivity index (χ1n) is 8.61. The van der Waals surface area contributed by atoms with E-state index < -0.39 is 10.0 Å². The first-order valence-corrected chi connectivity index (χ1v) is 10.2. The Morgan fingerprint density at radius 2 is 1.96 bits per heavy atom. The Kier molecular flexibility index (Phi) is 3.77. The Bertz CT molecular complexity index is 882. The molecule has 1 N–H and O–H groups in total. The summed E-state index contributed by atoms with van der Waals surface area (Å²) in [6.45, 7) is 4.20. The smallest absolute Gasteiger partial charge is 0.215 e. The number of aromatic nitrogens is 2. The molecule has 2 aliphatic carbocycles. The molecule has 1 unspecified atom stereocenters. The molecular weight excluding hydrogens is 322 g/mol. The molecular formula is C18H23N3O2S. The van der Waals surface area contributed by atoms with E-state index in [1.807, 2.05) is 10.9 Å².